The number of nitrogens with zero attached hydrogens (tertiary/aromatic N) is 1. The number of fused-ring (bicyclic) bond motifs is 1. The summed E-state index contributed by atoms with van der Waals surface area (Å²) in [5.74, 6) is 1.02. The molecular formula is C15H8Cl3NO. The molecular weight excluding hydrogens is 317 g/mol. The van der Waals surface area contributed by atoms with E-state index in [1.807, 2.05) is 12.1 Å². The van der Waals surface area contributed by atoms with E-state index in [1.165, 1.54) is 0 Å². The van der Waals surface area contributed by atoms with Gasteiger partial charge in [-0.05, 0) is 30.3 Å². The molecule has 100 valence electrons. The monoisotopic (exact) mass is 323 g/mol. The van der Waals surface area contributed by atoms with Crippen molar-refractivity contribution in [3.63, 3.8) is 0 Å². The van der Waals surface area contributed by atoms with Crippen LogP contribution < -0.4 is 4.74 Å². The molecule has 20 heavy (non-hydrogen) atoms. The Morgan fingerprint density at radius 3 is 2.20 bits per heavy atom. The first-order valence-corrected chi connectivity index (χ1v) is 6.95. The number of pyridine rings is 1. The van der Waals surface area contributed by atoms with Gasteiger partial charge in [-0.3, -0.25) is 4.98 Å². The third-order valence-corrected chi connectivity index (χ3v) is 3.71. The van der Waals surface area contributed by atoms with E-state index in [0.717, 1.165) is 5.39 Å². The van der Waals surface area contributed by atoms with Gasteiger partial charge in [0.25, 0.3) is 0 Å². The number of aromatic nitrogens is 1. The molecule has 3 rings (SSSR count). The molecule has 1 aromatic heterocycles. The summed E-state index contributed by atoms with van der Waals surface area (Å²) in [7, 11) is 0. The topological polar surface area (TPSA) is 22.1 Å². The zero-order valence-corrected chi connectivity index (χ0v) is 12.4. The van der Waals surface area contributed by atoms with Crippen molar-refractivity contribution >= 4 is 45.7 Å². The van der Waals surface area contributed by atoms with E-state index in [1.54, 1.807) is 36.5 Å². The Hall–Kier alpha value is -1.48. The Kier molecular flexibility index (Phi) is 3.70. The quantitative estimate of drug-likeness (QED) is 0.578. The maximum atomic E-state index is 6.12. The molecule has 0 aliphatic rings. The Balaban J connectivity index is 2.14. The fraction of sp³-hybridized carbons (Fsp3) is 0. The lowest BCUT2D eigenvalue weighted by atomic mass is 10.2. The normalized spacial score (nSPS) is 10.8. The van der Waals surface area contributed by atoms with Gasteiger partial charge in [0.15, 0.2) is 5.75 Å². The number of hydrogen-bond acceptors (Lipinski definition) is 2. The number of ether oxygens (including phenoxy) is 1. The van der Waals surface area contributed by atoms with E-state index in [2.05, 4.69) is 4.98 Å². The molecule has 2 nitrogen and oxygen atoms in total. The van der Waals surface area contributed by atoms with Gasteiger partial charge in [-0.2, -0.15) is 0 Å². The molecule has 0 atom stereocenters. The molecule has 0 spiro atoms. The van der Waals surface area contributed by atoms with Crippen LogP contribution >= 0.6 is 34.8 Å². The van der Waals surface area contributed by atoms with Crippen molar-refractivity contribution in [3.8, 4) is 11.5 Å². The Labute approximate surface area is 130 Å². The van der Waals surface area contributed by atoms with Crippen LogP contribution in [0.3, 0.4) is 0 Å². The van der Waals surface area contributed by atoms with E-state index in [0.29, 0.717) is 32.1 Å². The van der Waals surface area contributed by atoms with Crippen molar-refractivity contribution < 1.29 is 4.74 Å². The van der Waals surface area contributed by atoms with Gasteiger partial charge in [-0.25, -0.2) is 0 Å². The maximum absolute atomic E-state index is 6.12. The third-order valence-electron chi connectivity index (χ3n) is 2.81. The van der Waals surface area contributed by atoms with Gasteiger partial charge in [-0.1, -0.05) is 46.9 Å². The first-order chi connectivity index (χ1) is 9.66. The molecule has 0 saturated carbocycles. The molecule has 2 aromatic carbocycles. The molecule has 3 aromatic rings. The van der Waals surface area contributed by atoms with Crippen LogP contribution in [0.4, 0.5) is 0 Å². The molecule has 0 radical (unpaired) electrons. The zero-order chi connectivity index (χ0) is 14.1. The summed E-state index contributed by atoms with van der Waals surface area (Å²) < 4.78 is 5.85. The average molecular weight is 325 g/mol. The van der Waals surface area contributed by atoms with Gasteiger partial charge < -0.3 is 4.74 Å². The standard InChI is InChI=1S/C15H8Cl3NO/c16-10-4-1-3-9-13(7-8-19-14(9)10)20-15-11(17)5-2-6-12(15)18/h1-8H. The number of para-hydroxylation sites is 2. The third kappa shape index (κ3) is 2.42. The predicted octanol–water partition coefficient (Wildman–Crippen LogP) is 5.99. The Morgan fingerprint density at radius 1 is 0.800 bits per heavy atom. The van der Waals surface area contributed by atoms with Crippen LogP contribution in [-0.2, 0) is 0 Å². The molecule has 1 heterocycles. The van der Waals surface area contributed by atoms with Gasteiger partial charge >= 0.3 is 0 Å². The minimum absolute atomic E-state index is 0.420. The fourth-order valence-electron chi connectivity index (χ4n) is 1.89. The Bertz CT molecular complexity index is 769. The van der Waals surface area contributed by atoms with Crippen LogP contribution in [0.5, 0.6) is 11.5 Å². The highest BCUT2D eigenvalue weighted by atomic mass is 35.5. The van der Waals surface area contributed by atoms with E-state index in [9.17, 15) is 0 Å². The molecule has 5 heteroatoms. The second-order valence-corrected chi connectivity index (χ2v) is 5.32. The van der Waals surface area contributed by atoms with Gasteiger partial charge in [0.05, 0.1) is 20.6 Å². The number of rotatable bonds is 2. The van der Waals surface area contributed by atoms with Gasteiger partial charge in [0, 0.05) is 11.6 Å². The highest BCUT2D eigenvalue weighted by Gasteiger charge is 2.11. The largest absolute Gasteiger partial charge is 0.453 e. The SMILES string of the molecule is Clc1cccc(Cl)c1Oc1ccnc2c(Cl)cccc12. The van der Waals surface area contributed by atoms with Crippen molar-refractivity contribution in [2.24, 2.45) is 0 Å². The van der Waals surface area contributed by atoms with Gasteiger partial charge in [0.2, 0.25) is 0 Å². The zero-order valence-electron chi connectivity index (χ0n) is 10.1. The summed E-state index contributed by atoms with van der Waals surface area (Å²) in [6.07, 6.45) is 1.63. The Morgan fingerprint density at radius 2 is 1.45 bits per heavy atom. The van der Waals surface area contributed by atoms with E-state index in [-0.39, 0.29) is 0 Å². The summed E-state index contributed by atoms with van der Waals surface area (Å²) in [5.41, 5.74) is 0.676. The number of benzene rings is 2. The molecule has 0 N–H and O–H groups in total. The lowest BCUT2D eigenvalue weighted by Crippen LogP contribution is -1.89. The van der Waals surface area contributed by atoms with Gasteiger partial charge in [-0.15, -0.1) is 0 Å². The molecule has 0 aliphatic carbocycles. The minimum Gasteiger partial charge on any atom is -0.453 e. The second-order valence-electron chi connectivity index (χ2n) is 4.10. The van der Waals surface area contributed by atoms with Gasteiger partial charge in [0.1, 0.15) is 5.75 Å². The van der Waals surface area contributed by atoms with Crippen molar-refractivity contribution in [1.29, 1.82) is 0 Å². The van der Waals surface area contributed by atoms with Crippen LogP contribution in [0.15, 0.2) is 48.7 Å². The lowest BCUT2D eigenvalue weighted by molar-refractivity contribution is 0.488. The summed E-state index contributed by atoms with van der Waals surface area (Å²) in [5, 5.41) is 2.27. The summed E-state index contributed by atoms with van der Waals surface area (Å²) in [4.78, 5) is 4.25. The highest BCUT2D eigenvalue weighted by molar-refractivity contribution is 6.37. The molecule has 0 aliphatic heterocycles. The second kappa shape index (κ2) is 5.49. The molecule has 0 saturated heterocycles. The van der Waals surface area contributed by atoms with E-state index >= 15 is 0 Å². The van der Waals surface area contributed by atoms with E-state index in [4.69, 9.17) is 39.5 Å². The molecule has 0 bridgehead atoms. The van der Waals surface area contributed by atoms with Crippen LogP contribution in [0.2, 0.25) is 15.1 Å². The van der Waals surface area contributed by atoms with Crippen molar-refractivity contribution in [1.82, 2.24) is 4.98 Å². The number of halogens is 3. The van der Waals surface area contributed by atoms with Crippen LogP contribution in [0, 0.1) is 0 Å². The van der Waals surface area contributed by atoms with Crippen molar-refractivity contribution in [3.05, 3.63) is 63.7 Å². The number of hydrogen-bond donors (Lipinski definition) is 0. The summed E-state index contributed by atoms with van der Waals surface area (Å²) >= 11 is 18.3. The highest BCUT2D eigenvalue weighted by Crippen LogP contribution is 2.38. The van der Waals surface area contributed by atoms with Crippen LogP contribution in [-0.4, -0.2) is 4.98 Å². The molecule has 0 amide bonds. The minimum atomic E-state index is 0.420. The average Bonchev–Trinajstić information content (AvgIpc) is 2.44. The lowest BCUT2D eigenvalue weighted by Gasteiger charge is -2.11. The summed E-state index contributed by atoms with van der Waals surface area (Å²) in [6, 6.07) is 12.5. The van der Waals surface area contributed by atoms with Crippen LogP contribution in [0.25, 0.3) is 10.9 Å². The molecule has 0 fully saturated rings. The first-order valence-electron chi connectivity index (χ1n) is 5.82. The maximum Gasteiger partial charge on any atom is 0.164 e. The van der Waals surface area contributed by atoms with Crippen LogP contribution in [0.1, 0.15) is 0 Å². The molecule has 0 unspecified atom stereocenters. The van der Waals surface area contributed by atoms with Crippen molar-refractivity contribution in [2.75, 3.05) is 0 Å². The smallest absolute Gasteiger partial charge is 0.164 e. The van der Waals surface area contributed by atoms with Crippen molar-refractivity contribution in [2.45, 2.75) is 0 Å². The summed E-state index contributed by atoms with van der Waals surface area (Å²) in [6.45, 7) is 0. The predicted molar refractivity (Wildman–Crippen MR) is 83.3 cm³/mol. The first kappa shape index (κ1) is 13.5. The van der Waals surface area contributed by atoms with E-state index < -0.39 is 0 Å². The fourth-order valence-corrected chi connectivity index (χ4v) is 2.59.